The van der Waals surface area contributed by atoms with Gasteiger partial charge in [0.2, 0.25) is 5.16 Å². The highest BCUT2D eigenvalue weighted by atomic mass is 32.2. The summed E-state index contributed by atoms with van der Waals surface area (Å²) in [5, 5.41) is 18.0. The third-order valence-electron chi connectivity index (χ3n) is 1.81. The molecule has 2 aromatic rings. The summed E-state index contributed by atoms with van der Waals surface area (Å²) in [7, 11) is 0. The Morgan fingerprint density at radius 3 is 3.00 bits per heavy atom. The minimum atomic E-state index is -0.981. The van der Waals surface area contributed by atoms with Gasteiger partial charge in [-0.05, 0) is 36.2 Å². The number of hydrogen-bond donors (Lipinski definition) is 2. The van der Waals surface area contributed by atoms with Crippen LogP contribution in [0.2, 0.25) is 0 Å². The summed E-state index contributed by atoms with van der Waals surface area (Å²) in [6.45, 7) is 1.76. The summed E-state index contributed by atoms with van der Waals surface area (Å²) in [4.78, 5) is 16.2. The van der Waals surface area contributed by atoms with Gasteiger partial charge in [-0.3, -0.25) is 5.10 Å². The minimum Gasteiger partial charge on any atom is -0.477 e. The van der Waals surface area contributed by atoms with Crippen molar-refractivity contribution in [2.75, 3.05) is 0 Å². The summed E-state index contributed by atoms with van der Waals surface area (Å²) < 4.78 is 0. The highest BCUT2D eigenvalue weighted by Crippen LogP contribution is 2.26. The number of H-pyrrole nitrogens is 1. The number of rotatable bonds is 4. The third kappa shape index (κ3) is 3.18. The van der Waals surface area contributed by atoms with Crippen LogP contribution in [-0.2, 0) is 4.79 Å². The lowest BCUT2D eigenvalue weighted by Crippen LogP contribution is -1.96. The molecule has 0 aliphatic carbocycles. The molecule has 0 atom stereocenters. The molecule has 2 heterocycles. The Labute approximate surface area is 106 Å². The van der Waals surface area contributed by atoms with E-state index in [1.165, 1.54) is 11.3 Å². The fourth-order valence-electron chi connectivity index (χ4n) is 1.10. The summed E-state index contributed by atoms with van der Waals surface area (Å²) in [5.41, 5.74) is 0. The number of thioether (sulfide) groups is 1. The molecule has 0 amide bonds. The Balaban J connectivity index is 2.21. The van der Waals surface area contributed by atoms with Gasteiger partial charge in [-0.1, -0.05) is 6.07 Å². The first kappa shape index (κ1) is 11.9. The van der Waals surface area contributed by atoms with Crippen molar-refractivity contribution in [2.45, 2.75) is 12.1 Å². The zero-order chi connectivity index (χ0) is 12.3. The highest BCUT2D eigenvalue weighted by molar-refractivity contribution is 8.04. The third-order valence-corrected chi connectivity index (χ3v) is 3.50. The zero-order valence-electron chi connectivity index (χ0n) is 8.88. The molecular weight excluding hydrogens is 258 g/mol. The van der Waals surface area contributed by atoms with Crippen LogP contribution >= 0.6 is 23.1 Å². The van der Waals surface area contributed by atoms with Crippen LogP contribution in [-0.4, -0.2) is 26.3 Å². The number of nitrogens with zero attached hydrogens (tertiary/aromatic N) is 2. The number of carbonyl (C=O) groups is 1. The standard InChI is InChI=1S/C10H9N3O2S2/c1-6-11-10(13-12-6)17-8(9(14)15)5-7-3-2-4-16-7/h2-5H,1H3,(H,14,15)(H,11,12,13)/b8-5+. The van der Waals surface area contributed by atoms with E-state index in [0.29, 0.717) is 11.0 Å². The van der Waals surface area contributed by atoms with Crippen molar-refractivity contribution in [3.05, 3.63) is 33.1 Å². The second-order valence-electron chi connectivity index (χ2n) is 3.13. The van der Waals surface area contributed by atoms with Crippen molar-refractivity contribution in [3.63, 3.8) is 0 Å². The van der Waals surface area contributed by atoms with E-state index < -0.39 is 5.97 Å². The Hall–Kier alpha value is -1.60. The molecule has 0 fully saturated rings. The maximum absolute atomic E-state index is 11.1. The minimum absolute atomic E-state index is 0.200. The molecule has 0 bridgehead atoms. The van der Waals surface area contributed by atoms with E-state index >= 15 is 0 Å². The van der Waals surface area contributed by atoms with Gasteiger partial charge in [-0.2, -0.15) is 0 Å². The Kier molecular flexibility index (Phi) is 3.60. The maximum Gasteiger partial charge on any atom is 0.342 e. The molecule has 0 aliphatic rings. The Bertz CT molecular complexity index is 546. The van der Waals surface area contributed by atoms with Gasteiger partial charge in [0, 0.05) is 4.88 Å². The van der Waals surface area contributed by atoms with Gasteiger partial charge in [0.15, 0.2) is 0 Å². The first-order chi connectivity index (χ1) is 8.15. The van der Waals surface area contributed by atoms with Crippen molar-refractivity contribution in [1.29, 1.82) is 0 Å². The van der Waals surface area contributed by atoms with E-state index in [9.17, 15) is 4.79 Å². The van der Waals surface area contributed by atoms with Crippen LogP contribution in [0.25, 0.3) is 6.08 Å². The van der Waals surface area contributed by atoms with Crippen LogP contribution in [0, 0.1) is 6.92 Å². The highest BCUT2D eigenvalue weighted by Gasteiger charge is 2.12. The van der Waals surface area contributed by atoms with Gasteiger partial charge in [0.25, 0.3) is 0 Å². The number of thiophene rings is 1. The number of aromatic amines is 1. The Morgan fingerprint density at radius 2 is 2.47 bits per heavy atom. The monoisotopic (exact) mass is 267 g/mol. The molecule has 17 heavy (non-hydrogen) atoms. The summed E-state index contributed by atoms with van der Waals surface area (Å²) in [6, 6.07) is 3.73. The average molecular weight is 267 g/mol. The van der Waals surface area contributed by atoms with Gasteiger partial charge in [0.1, 0.15) is 10.7 Å². The lowest BCUT2D eigenvalue weighted by molar-refractivity contribution is -0.131. The van der Waals surface area contributed by atoms with E-state index in [0.717, 1.165) is 16.6 Å². The quantitative estimate of drug-likeness (QED) is 0.657. The van der Waals surface area contributed by atoms with Crippen molar-refractivity contribution < 1.29 is 9.90 Å². The average Bonchev–Trinajstić information content (AvgIpc) is 2.89. The van der Waals surface area contributed by atoms with E-state index in [4.69, 9.17) is 5.11 Å². The molecular formula is C10H9N3O2S2. The summed E-state index contributed by atoms with van der Waals surface area (Å²) in [6.07, 6.45) is 1.61. The van der Waals surface area contributed by atoms with E-state index in [2.05, 4.69) is 15.2 Å². The molecule has 0 aliphatic heterocycles. The number of hydrogen-bond acceptors (Lipinski definition) is 5. The van der Waals surface area contributed by atoms with Crippen LogP contribution in [0.5, 0.6) is 0 Å². The van der Waals surface area contributed by atoms with E-state index in [-0.39, 0.29) is 4.91 Å². The first-order valence-corrected chi connectivity index (χ1v) is 6.40. The largest absolute Gasteiger partial charge is 0.477 e. The summed E-state index contributed by atoms with van der Waals surface area (Å²) >= 11 is 2.51. The number of aliphatic carboxylic acids is 1. The Morgan fingerprint density at radius 1 is 1.65 bits per heavy atom. The smallest absolute Gasteiger partial charge is 0.342 e. The van der Waals surface area contributed by atoms with Crippen LogP contribution in [0.15, 0.2) is 27.6 Å². The lowest BCUT2D eigenvalue weighted by Gasteiger charge is -1.96. The molecule has 7 heteroatoms. The number of nitrogens with one attached hydrogen (secondary N) is 1. The predicted octanol–water partition coefficient (Wildman–Crippen LogP) is 2.39. The molecule has 0 saturated heterocycles. The molecule has 2 aromatic heterocycles. The van der Waals surface area contributed by atoms with Gasteiger partial charge >= 0.3 is 5.97 Å². The zero-order valence-corrected chi connectivity index (χ0v) is 10.5. The van der Waals surface area contributed by atoms with Gasteiger partial charge in [-0.25, -0.2) is 9.78 Å². The molecule has 2 rings (SSSR count). The molecule has 5 nitrogen and oxygen atoms in total. The fraction of sp³-hybridized carbons (Fsp3) is 0.100. The topological polar surface area (TPSA) is 78.9 Å². The maximum atomic E-state index is 11.1. The van der Waals surface area contributed by atoms with Crippen LogP contribution < -0.4 is 0 Å². The number of aryl methyl sites for hydroxylation is 1. The van der Waals surface area contributed by atoms with Crippen molar-refractivity contribution in [2.24, 2.45) is 0 Å². The van der Waals surface area contributed by atoms with Crippen LogP contribution in [0.4, 0.5) is 0 Å². The predicted molar refractivity (Wildman–Crippen MR) is 66.9 cm³/mol. The SMILES string of the molecule is Cc1nc(S/C(=C/c2cccs2)C(=O)O)n[nH]1. The number of aromatic nitrogens is 3. The van der Waals surface area contributed by atoms with Crippen molar-refractivity contribution in [1.82, 2.24) is 15.2 Å². The van der Waals surface area contributed by atoms with Crippen molar-refractivity contribution >= 4 is 35.1 Å². The molecule has 0 radical (unpaired) electrons. The van der Waals surface area contributed by atoms with E-state index in [1.807, 2.05) is 17.5 Å². The van der Waals surface area contributed by atoms with E-state index in [1.54, 1.807) is 13.0 Å². The molecule has 88 valence electrons. The number of carboxylic acids is 1. The van der Waals surface area contributed by atoms with Crippen LogP contribution in [0.1, 0.15) is 10.7 Å². The lowest BCUT2D eigenvalue weighted by atomic mass is 10.4. The molecule has 0 spiro atoms. The van der Waals surface area contributed by atoms with Gasteiger partial charge < -0.3 is 5.11 Å². The second kappa shape index (κ2) is 5.15. The van der Waals surface area contributed by atoms with Gasteiger partial charge in [-0.15, -0.1) is 16.4 Å². The first-order valence-electron chi connectivity index (χ1n) is 4.70. The fourth-order valence-corrected chi connectivity index (χ4v) is 2.58. The van der Waals surface area contributed by atoms with Crippen molar-refractivity contribution in [3.8, 4) is 0 Å². The number of carboxylic acid groups (broad SMARTS) is 1. The second-order valence-corrected chi connectivity index (χ2v) is 5.12. The molecule has 2 N–H and O–H groups in total. The normalized spacial score (nSPS) is 11.7. The molecule has 0 unspecified atom stereocenters. The molecule has 0 saturated carbocycles. The summed E-state index contributed by atoms with van der Waals surface area (Å²) in [5.74, 6) is -0.320. The molecule has 0 aromatic carbocycles. The van der Waals surface area contributed by atoms with Gasteiger partial charge in [0.05, 0.1) is 0 Å². The van der Waals surface area contributed by atoms with Crippen LogP contribution in [0.3, 0.4) is 0 Å².